The van der Waals surface area contributed by atoms with Gasteiger partial charge < -0.3 is 4.90 Å². The number of nitrogens with zero attached hydrogens (tertiary/aromatic N) is 1. The molecular weight excluding hydrogens is 262 g/mol. The Bertz CT molecular complexity index is 406. The predicted octanol–water partition coefficient (Wildman–Crippen LogP) is 3.56. The quantitative estimate of drug-likeness (QED) is 0.794. The van der Waals surface area contributed by atoms with Crippen molar-refractivity contribution < 1.29 is 9.59 Å². The molecule has 2 saturated carbocycles. The van der Waals surface area contributed by atoms with E-state index < -0.39 is 0 Å². The second-order valence-electron chi connectivity index (χ2n) is 7.64. The van der Waals surface area contributed by atoms with Crippen LogP contribution in [0.5, 0.6) is 0 Å². The maximum absolute atomic E-state index is 12.8. The number of amides is 1. The fourth-order valence-electron chi connectivity index (χ4n) is 5.02. The second kappa shape index (κ2) is 6.50. The number of Topliss-reactive ketones (excluding diaryl/α,β-unsaturated/α-hetero) is 1. The normalized spacial score (nSPS) is 35.8. The summed E-state index contributed by atoms with van der Waals surface area (Å²) in [5, 5.41) is 0. The Balaban J connectivity index is 1.61. The zero-order chi connectivity index (χ0) is 14.8. The number of fused-ring (bicyclic) bond motifs is 2. The van der Waals surface area contributed by atoms with Crippen molar-refractivity contribution in [1.29, 1.82) is 0 Å². The van der Waals surface area contributed by atoms with Crippen LogP contribution in [-0.4, -0.2) is 29.2 Å². The van der Waals surface area contributed by atoms with Crippen LogP contribution in [0.1, 0.15) is 71.1 Å². The first-order chi connectivity index (χ1) is 10.1. The molecule has 118 valence electrons. The smallest absolute Gasteiger partial charge is 0.223 e. The first-order valence-electron chi connectivity index (χ1n) is 8.92. The third-order valence-electron chi connectivity index (χ3n) is 6.04. The molecular formula is C18H29NO2. The van der Waals surface area contributed by atoms with Gasteiger partial charge in [0.1, 0.15) is 5.78 Å². The molecule has 0 N–H and O–H groups in total. The van der Waals surface area contributed by atoms with Gasteiger partial charge in [-0.05, 0) is 56.8 Å². The van der Waals surface area contributed by atoms with Crippen molar-refractivity contribution in [2.24, 2.45) is 17.8 Å². The monoisotopic (exact) mass is 291 g/mol. The van der Waals surface area contributed by atoms with Gasteiger partial charge in [0.2, 0.25) is 5.91 Å². The Morgan fingerprint density at radius 1 is 1.00 bits per heavy atom. The summed E-state index contributed by atoms with van der Waals surface area (Å²) >= 11 is 0. The summed E-state index contributed by atoms with van der Waals surface area (Å²) in [4.78, 5) is 26.4. The minimum absolute atomic E-state index is 0.177. The van der Waals surface area contributed by atoms with Gasteiger partial charge >= 0.3 is 0 Å². The summed E-state index contributed by atoms with van der Waals surface area (Å²) in [7, 11) is 0. The van der Waals surface area contributed by atoms with Gasteiger partial charge in [0.05, 0.1) is 0 Å². The number of likely N-dealkylation sites (tertiary alicyclic amines) is 1. The summed E-state index contributed by atoms with van der Waals surface area (Å²) in [6.07, 6.45) is 11.2. The summed E-state index contributed by atoms with van der Waals surface area (Å²) in [6, 6.07) is 0.177. The highest BCUT2D eigenvalue weighted by atomic mass is 16.2. The third kappa shape index (κ3) is 3.49. The van der Waals surface area contributed by atoms with Crippen LogP contribution in [0.4, 0.5) is 0 Å². The summed E-state index contributed by atoms with van der Waals surface area (Å²) in [6.45, 7) is 2.53. The number of carbonyl (C=O) groups excluding carboxylic acids is 2. The second-order valence-corrected chi connectivity index (χ2v) is 7.64. The first-order valence-corrected chi connectivity index (χ1v) is 8.92. The molecule has 0 aromatic rings. The van der Waals surface area contributed by atoms with E-state index in [9.17, 15) is 9.59 Å². The van der Waals surface area contributed by atoms with E-state index in [1.54, 1.807) is 6.92 Å². The molecule has 2 aliphatic carbocycles. The van der Waals surface area contributed by atoms with Crippen LogP contribution in [0, 0.1) is 17.8 Å². The Morgan fingerprint density at radius 2 is 1.86 bits per heavy atom. The Kier molecular flexibility index (Phi) is 4.66. The molecule has 3 heteroatoms. The molecule has 0 aromatic carbocycles. The van der Waals surface area contributed by atoms with E-state index in [1.165, 1.54) is 32.1 Å². The minimum atomic E-state index is 0.177. The van der Waals surface area contributed by atoms with Crippen LogP contribution < -0.4 is 0 Å². The number of ketones is 1. The van der Waals surface area contributed by atoms with Crippen LogP contribution in [0.25, 0.3) is 0 Å². The van der Waals surface area contributed by atoms with Gasteiger partial charge in [-0.1, -0.05) is 19.3 Å². The molecule has 1 heterocycles. The van der Waals surface area contributed by atoms with Gasteiger partial charge in [0.25, 0.3) is 0 Å². The molecule has 0 radical (unpaired) electrons. The fourth-order valence-corrected chi connectivity index (χ4v) is 5.02. The Hall–Kier alpha value is -0.860. The number of hydrogen-bond acceptors (Lipinski definition) is 2. The third-order valence-corrected chi connectivity index (χ3v) is 6.04. The van der Waals surface area contributed by atoms with Crippen LogP contribution in [-0.2, 0) is 9.59 Å². The average Bonchev–Trinajstić information content (AvgIpc) is 2.96. The largest absolute Gasteiger partial charge is 0.339 e. The highest BCUT2D eigenvalue weighted by Crippen LogP contribution is 2.49. The Morgan fingerprint density at radius 3 is 2.52 bits per heavy atom. The Labute approximate surface area is 128 Å². The highest BCUT2D eigenvalue weighted by Gasteiger charge is 2.41. The highest BCUT2D eigenvalue weighted by molar-refractivity contribution is 5.80. The molecule has 1 aliphatic heterocycles. The van der Waals surface area contributed by atoms with Gasteiger partial charge in [0, 0.05) is 25.4 Å². The van der Waals surface area contributed by atoms with E-state index in [-0.39, 0.29) is 11.8 Å². The lowest BCUT2D eigenvalue weighted by Gasteiger charge is -2.32. The standard InChI is InChI=1S/C18H29NO2/c1-13(20)9-17-5-3-2-4-8-19(17)18(21)12-16-11-14-6-7-15(16)10-14/h14-17H,2-12H2,1H3. The van der Waals surface area contributed by atoms with E-state index in [1.807, 2.05) is 0 Å². The molecule has 3 rings (SSSR count). The van der Waals surface area contributed by atoms with Gasteiger partial charge in [-0.3, -0.25) is 9.59 Å². The van der Waals surface area contributed by atoms with Crippen molar-refractivity contribution in [3.63, 3.8) is 0 Å². The van der Waals surface area contributed by atoms with Gasteiger partial charge in [-0.15, -0.1) is 0 Å². The molecule has 3 fully saturated rings. The zero-order valence-corrected chi connectivity index (χ0v) is 13.4. The van der Waals surface area contributed by atoms with E-state index in [4.69, 9.17) is 0 Å². The van der Waals surface area contributed by atoms with Crippen molar-refractivity contribution in [2.75, 3.05) is 6.54 Å². The van der Waals surface area contributed by atoms with Crippen molar-refractivity contribution in [3.05, 3.63) is 0 Å². The molecule has 3 nitrogen and oxygen atoms in total. The lowest BCUT2D eigenvalue weighted by atomic mass is 9.86. The van der Waals surface area contributed by atoms with Gasteiger partial charge in [0.15, 0.2) is 0 Å². The van der Waals surface area contributed by atoms with Crippen molar-refractivity contribution in [3.8, 4) is 0 Å². The van der Waals surface area contributed by atoms with Gasteiger partial charge in [-0.25, -0.2) is 0 Å². The number of carbonyl (C=O) groups is 2. The van der Waals surface area contributed by atoms with E-state index >= 15 is 0 Å². The molecule has 0 spiro atoms. The molecule has 4 unspecified atom stereocenters. The van der Waals surface area contributed by atoms with Gasteiger partial charge in [-0.2, -0.15) is 0 Å². The molecule has 21 heavy (non-hydrogen) atoms. The first kappa shape index (κ1) is 15.1. The topological polar surface area (TPSA) is 37.4 Å². The molecule has 2 bridgehead atoms. The van der Waals surface area contributed by atoms with Crippen molar-refractivity contribution >= 4 is 11.7 Å². The SMILES string of the molecule is CC(=O)CC1CCCCCN1C(=O)CC1CC2CCC1C2. The lowest BCUT2D eigenvalue weighted by molar-refractivity contribution is -0.135. The lowest BCUT2D eigenvalue weighted by Crippen LogP contribution is -2.42. The van der Waals surface area contributed by atoms with E-state index in [2.05, 4.69) is 4.90 Å². The van der Waals surface area contributed by atoms with Crippen molar-refractivity contribution in [1.82, 2.24) is 4.90 Å². The molecule has 3 aliphatic rings. The molecule has 0 aromatic heterocycles. The maximum Gasteiger partial charge on any atom is 0.223 e. The fraction of sp³-hybridized carbons (Fsp3) is 0.889. The van der Waals surface area contributed by atoms with E-state index in [0.29, 0.717) is 18.2 Å². The summed E-state index contributed by atoms with van der Waals surface area (Å²) in [5.41, 5.74) is 0. The van der Waals surface area contributed by atoms with Crippen LogP contribution in [0.3, 0.4) is 0 Å². The van der Waals surface area contributed by atoms with Crippen molar-refractivity contribution in [2.45, 2.75) is 77.2 Å². The summed E-state index contributed by atoms with van der Waals surface area (Å²) in [5.74, 6) is 2.92. The molecule has 1 amide bonds. The minimum Gasteiger partial charge on any atom is -0.339 e. The molecule has 4 atom stereocenters. The van der Waals surface area contributed by atoms with Crippen LogP contribution in [0.2, 0.25) is 0 Å². The summed E-state index contributed by atoms with van der Waals surface area (Å²) < 4.78 is 0. The van der Waals surface area contributed by atoms with E-state index in [0.717, 1.165) is 44.1 Å². The number of rotatable bonds is 4. The predicted molar refractivity (Wildman–Crippen MR) is 82.8 cm³/mol. The van der Waals surface area contributed by atoms with Crippen LogP contribution >= 0.6 is 0 Å². The van der Waals surface area contributed by atoms with Crippen LogP contribution in [0.15, 0.2) is 0 Å². The maximum atomic E-state index is 12.8. The zero-order valence-electron chi connectivity index (χ0n) is 13.4. The number of hydrogen-bond donors (Lipinski definition) is 0. The molecule has 1 saturated heterocycles. The average molecular weight is 291 g/mol.